The summed E-state index contributed by atoms with van der Waals surface area (Å²) >= 11 is 0. The van der Waals surface area contributed by atoms with Crippen LogP contribution >= 0.6 is 0 Å². The first kappa shape index (κ1) is 13.3. The van der Waals surface area contributed by atoms with Crippen LogP contribution in [0.25, 0.3) is 0 Å². The highest BCUT2D eigenvalue weighted by Gasteiger charge is 2.22. The van der Waals surface area contributed by atoms with E-state index in [9.17, 15) is 0 Å². The molecule has 1 heterocycles. The van der Waals surface area contributed by atoms with Gasteiger partial charge in [0, 0.05) is 30.9 Å². The molecule has 0 fully saturated rings. The number of aromatic nitrogens is 2. The van der Waals surface area contributed by atoms with Crippen LogP contribution in [0.5, 0.6) is 0 Å². The van der Waals surface area contributed by atoms with Crippen LogP contribution in [0.4, 0.5) is 0 Å². The lowest BCUT2D eigenvalue weighted by Gasteiger charge is -2.23. The standard InChI is InChI=1S/C14H23N3O/c1-3-4-9-18-10-8-15-13-6-5-7-14-12(13)11-16-17(14)2/h3,11,13,15H,1,4-10H2,2H3. The van der Waals surface area contributed by atoms with Crippen LogP contribution < -0.4 is 5.32 Å². The quantitative estimate of drug-likeness (QED) is 0.593. The molecule has 100 valence electrons. The van der Waals surface area contributed by atoms with Crippen LogP contribution in [-0.2, 0) is 18.2 Å². The van der Waals surface area contributed by atoms with Crippen LogP contribution in [0.2, 0.25) is 0 Å². The molecule has 0 spiro atoms. The molecule has 1 N–H and O–H groups in total. The number of rotatable bonds is 7. The molecule has 1 atom stereocenters. The Bertz CT molecular complexity index is 386. The topological polar surface area (TPSA) is 39.1 Å². The molecular weight excluding hydrogens is 226 g/mol. The summed E-state index contributed by atoms with van der Waals surface area (Å²) in [6.45, 7) is 6.11. The fourth-order valence-corrected chi connectivity index (χ4v) is 2.49. The largest absolute Gasteiger partial charge is 0.380 e. The molecule has 4 nitrogen and oxygen atoms in total. The zero-order valence-electron chi connectivity index (χ0n) is 11.2. The summed E-state index contributed by atoms with van der Waals surface area (Å²) in [6.07, 6.45) is 8.41. The Morgan fingerprint density at radius 3 is 3.33 bits per heavy atom. The molecule has 0 aromatic carbocycles. The van der Waals surface area contributed by atoms with E-state index in [4.69, 9.17) is 4.74 Å². The maximum absolute atomic E-state index is 5.50. The number of hydrogen-bond donors (Lipinski definition) is 1. The smallest absolute Gasteiger partial charge is 0.0591 e. The number of fused-ring (bicyclic) bond motifs is 1. The molecule has 0 radical (unpaired) electrons. The highest BCUT2D eigenvalue weighted by atomic mass is 16.5. The number of ether oxygens (including phenoxy) is 1. The molecule has 0 bridgehead atoms. The molecule has 1 aliphatic rings. The second-order valence-electron chi connectivity index (χ2n) is 4.76. The van der Waals surface area contributed by atoms with Gasteiger partial charge in [-0.2, -0.15) is 5.10 Å². The van der Waals surface area contributed by atoms with Crippen molar-refractivity contribution in [2.24, 2.45) is 7.05 Å². The second kappa shape index (κ2) is 6.71. The van der Waals surface area contributed by atoms with Crippen LogP contribution in [0.1, 0.15) is 36.6 Å². The summed E-state index contributed by atoms with van der Waals surface area (Å²) in [6, 6.07) is 0.449. The zero-order chi connectivity index (χ0) is 12.8. The SMILES string of the molecule is C=CCCOCCNC1CCCc2c1cnn2C. The molecule has 1 aromatic rings. The van der Waals surface area contributed by atoms with Crippen LogP contribution in [0.3, 0.4) is 0 Å². The molecule has 0 saturated heterocycles. The van der Waals surface area contributed by atoms with Crippen molar-refractivity contribution in [2.75, 3.05) is 19.8 Å². The van der Waals surface area contributed by atoms with E-state index in [-0.39, 0.29) is 0 Å². The van der Waals surface area contributed by atoms with Crippen molar-refractivity contribution in [1.82, 2.24) is 15.1 Å². The lowest BCUT2D eigenvalue weighted by atomic mass is 9.93. The van der Waals surface area contributed by atoms with Crippen molar-refractivity contribution < 1.29 is 4.74 Å². The van der Waals surface area contributed by atoms with E-state index in [1.807, 2.05) is 24.0 Å². The molecule has 0 amide bonds. The maximum Gasteiger partial charge on any atom is 0.0591 e. The van der Waals surface area contributed by atoms with Gasteiger partial charge in [0.05, 0.1) is 19.4 Å². The molecule has 1 aromatic heterocycles. The van der Waals surface area contributed by atoms with E-state index in [0.29, 0.717) is 6.04 Å². The third-order valence-corrected chi connectivity index (χ3v) is 3.48. The van der Waals surface area contributed by atoms with Gasteiger partial charge in [-0.25, -0.2) is 0 Å². The van der Waals surface area contributed by atoms with E-state index >= 15 is 0 Å². The zero-order valence-corrected chi connectivity index (χ0v) is 11.2. The van der Waals surface area contributed by atoms with Gasteiger partial charge < -0.3 is 10.1 Å². The third kappa shape index (κ3) is 3.21. The predicted molar refractivity (Wildman–Crippen MR) is 72.5 cm³/mol. The van der Waals surface area contributed by atoms with E-state index in [1.54, 1.807) is 0 Å². The third-order valence-electron chi connectivity index (χ3n) is 3.48. The van der Waals surface area contributed by atoms with E-state index in [0.717, 1.165) is 32.6 Å². The number of nitrogens with zero attached hydrogens (tertiary/aromatic N) is 2. The first-order valence-corrected chi connectivity index (χ1v) is 6.75. The fraction of sp³-hybridized carbons (Fsp3) is 0.643. The van der Waals surface area contributed by atoms with Gasteiger partial charge >= 0.3 is 0 Å². The van der Waals surface area contributed by atoms with Gasteiger partial charge in [0.1, 0.15) is 0 Å². The molecule has 1 aliphatic carbocycles. The summed E-state index contributed by atoms with van der Waals surface area (Å²) < 4.78 is 7.51. The minimum Gasteiger partial charge on any atom is -0.380 e. The predicted octanol–water partition coefficient (Wildman–Crippen LogP) is 1.98. The lowest BCUT2D eigenvalue weighted by Crippen LogP contribution is -2.28. The van der Waals surface area contributed by atoms with Crippen molar-refractivity contribution >= 4 is 0 Å². The molecule has 0 saturated carbocycles. The summed E-state index contributed by atoms with van der Waals surface area (Å²) in [4.78, 5) is 0. The lowest BCUT2D eigenvalue weighted by molar-refractivity contribution is 0.137. The Balaban J connectivity index is 1.75. The average molecular weight is 249 g/mol. The summed E-state index contributed by atoms with van der Waals surface area (Å²) in [5.74, 6) is 0. The van der Waals surface area contributed by atoms with Gasteiger partial charge in [-0.3, -0.25) is 4.68 Å². The molecular formula is C14H23N3O. The van der Waals surface area contributed by atoms with E-state index in [2.05, 4.69) is 17.0 Å². The van der Waals surface area contributed by atoms with Gasteiger partial charge in [0.15, 0.2) is 0 Å². The summed E-state index contributed by atoms with van der Waals surface area (Å²) in [5, 5.41) is 7.92. The van der Waals surface area contributed by atoms with Gasteiger partial charge in [-0.15, -0.1) is 6.58 Å². The van der Waals surface area contributed by atoms with Crippen LogP contribution in [0.15, 0.2) is 18.9 Å². The normalized spacial score (nSPS) is 18.6. The second-order valence-corrected chi connectivity index (χ2v) is 4.76. The fourth-order valence-electron chi connectivity index (χ4n) is 2.49. The Morgan fingerprint density at radius 2 is 2.50 bits per heavy atom. The molecule has 4 heteroatoms. The first-order valence-electron chi connectivity index (χ1n) is 6.75. The monoisotopic (exact) mass is 249 g/mol. The maximum atomic E-state index is 5.50. The van der Waals surface area contributed by atoms with Gasteiger partial charge in [0.2, 0.25) is 0 Å². The molecule has 1 unspecified atom stereocenters. The highest BCUT2D eigenvalue weighted by Crippen LogP contribution is 2.28. The average Bonchev–Trinajstić information content (AvgIpc) is 2.77. The van der Waals surface area contributed by atoms with Crippen molar-refractivity contribution in [1.29, 1.82) is 0 Å². The number of aryl methyl sites for hydroxylation is 1. The Labute approximate surface area is 109 Å². The Morgan fingerprint density at radius 1 is 1.61 bits per heavy atom. The Hall–Kier alpha value is -1.13. The van der Waals surface area contributed by atoms with Crippen LogP contribution in [-0.4, -0.2) is 29.5 Å². The molecule has 2 rings (SSSR count). The molecule has 0 aliphatic heterocycles. The minimum atomic E-state index is 0.449. The minimum absolute atomic E-state index is 0.449. The number of hydrogen-bond acceptors (Lipinski definition) is 3. The van der Waals surface area contributed by atoms with Crippen molar-refractivity contribution in [3.8, 4) is 0 Å². The summed E-state index contributed by atoms with van der Waals surface area (Å²) in [5.41, 5.74) is 2.75. The number of nitrogens with one attached hydrogen (secondary N) is 1. The Kier molecular flexibility index (Phi) is 4.96. The van der Waals surface area contributed by atoms with Crippen molar-refractivity contribution in [3.05, 3.63) is 30.1 Å². The van der Waals surface area contributed by atoms with Crippen LogP contribution in [0, 0.1) is 0 Å². The van der Waals surface area contributed by atoms with E-state index in [1.165, 1.54) is 24.1 Å². The first-order chi connectivity index (χ1) is 8.83. The van der Waals surface area contributed by atoms with Gasteiger partial charge in [-0.1, -0.05) is 6.08 Å². The highest BCUT2D eigenvalue weighted by molar-refractivity contribution is 5.24. The van der Waals surface area contributed by atoms with Gasteiger partial charge in [0.25, 0.3) is 0 Å². The van der Waals surface area contributed by atoms with E-state index < -0.39 is 0 Å². The van der Waals surface area contributed by atoms with Crippen molar-refractivity contribution in [2.45, 2.75) is 31.7 Å². The summed E-state index contributed by atoms with van der Waals surface area (Å²) in [7, 11) is 2.03. The molecule has 18 heavy (non-hydrogen) atoms. The van der Waals surface area contributed by atoms with Crippen molar-refractivity contribution in [3.63, 3.8) is 0 Å². The van der Waals surface area contributed by atoms with Gasteiger partial charge in [-0.05, 0) is 25.7 Å².